The molecule has 1 saturated carbocycles. The number of pyridine rings is 2. The predicted octanol–water partition coefficient (Wildman–Crippen LogP) is 7.82. The lowest BCUT2D eigenvalue weighted by molar-refractivity contribution is -0.117. The number of halogens is 1. The highest BCUT2D eigenvalue weighted by atomic mass is 19.1. The second kappa shape index (κ2) is 13.3. The van der Waals surface area contributed by atoms with E-state index in [2.05, 4.69) is 25.5 Å². The van der Waals surface area contributed by atoms with Crippen molar-refractivity contribution >= 4 is 33.5 Å². The first kappa shape index (κ1) is 30.6. The number of likely N-dealkylation sites (N-methyl/N-ethyl adjacent to an activating group) is 1. The zero-order valence-corrected chi connectivity index (χ0v) is 26.6. The Morgan fingerprint density at radius 2 is 1.87 bits per heavy atom. The summed E-state index contributed by atoms with van der Waals surface area (Å²) < 4.78 is 20.6. The van der Waals surface area contributed by atoms with Gasteiger partial charge in [-0.2, -0.15) is 5.10 Å². The summed E-state index contributed by atoms with van der Waals surface area (Å²) in [5, 5.41) is 11.7. The lowest BCUT2D eigenvalue weighted by atomic mass is 9.87. The van der Waals surface area contributed by atoms with Crippen LogP contribution in [0.1, 0.15) is 38.5 Å². The maximum absolute atomic E-state index is 14.7. The first-order valence-electron chi connectivity index (χ1n) is 16.2. The maximum atomic E-state index is 14.7. The number of nitrogens with zero attached hydrogens (tertiary/aromatic N) is 4. The minimum atomic E-state index is -0.354. The Morgan fingerprint density at radius 3 is 2.72 bits per heavy atom. The summed E-state index contributed by atoms with van der Waals surface area (Å²) in [7, 11) is 3.94. The molecule has 2 aromatic carbocycles. The summed E-state index contributed by atoms with van der Waals surface area (Å²) in [6, 6.07) is 18.5. The number of carbonyl (C=O) groups is 1. The SMILES string of the molecule is CN(C)CCOc1cc(F)cc(-c2cccc3[nH]c(-c4n[nH]c5ccc(-c6cncc(NC(=O)CC7CCCCC7)c6)nc45)cc23)c1. The van der Waals surface area contributed by atoms with Crippen LogP contribution in [-0.4, -0.2) is 63.2 Å². The molecule has 1 aliphatic carbocycles. The molecule has 0 saturated heterocycles. The summed E-state index contributed by atoms with van der Waals surface area (Å²) in [6.07, 6.45) is 9.89. The molecule has 1 amide bonds. The summed E-state index contributed by atoms with van der Waals surface area (Å²) in [5.74, 6) is 0.628. The molecule has 47 heavy (non-hydrogen) atoms. The van der Waals surface area contributed by atoms with Crippen molar-refractivity contribution in [1.82, 2.24) is 30.0 Å². The lowest BCUT2D eigenvalue weighted by Gasteiger charge is -2.20. The smallest absolute Gasteiger partial charge is 0.224 e. The number of H-pyrrole nitrogens is 2. The summed E-state index contributed by atoms with van der Waals surface area (Å²) >= 11 is 0. The van der Waals surface area contributed by atoms with Gasteiger partial charge in [0, 0.05) is 41.7 Å². The van der Waals surface area contributed by atoms with Gasteiger partial charge in [0.05, 0.1) is 28.8 Å². The van der Waals surface area contributed by atoms with Crippen LogP contribution in [0.3, 0.4) is 0 Å². The fourth-order valence-electron chi connectivity index (χ4n) is 6.44. The van der Waals surface area contributed by atoms with E-state index >= 15 is 0 Å². The van der Waals surface area contributed by atoms with Crippen LogP contribution in [0.2, 0.25) is 0 Å². The minimum absolute atomic E-state index is 0.0286. The van der Waals surface area contributed by atoms with E-state index in [1.807, 2.05) is 67.5 Å². The molecule has 0 aliphatic heterocycles. The third kappa shape index (κ3) is 6.88. The van der Waals surface area contributed by atoms with Crippen molar-refractivity contribution in [1.29, 1.82) is 0 Å². The Bertz CT molecular complexity index is 2040. The van der Waals surface area contributed by atoms with Crippen LogP contribution >= 0.6 is 0 Å². The van der Waals surface area contributed by atoms with Gasteiger partial charge in [-0.25, -0.2) is 9.37 Å². The molecule has 0 unspecified atom stereocenters. The van der Waals surface area contributed by atoms with Crippen LogP contribution < -0.4 is 10.1 Å². The Hall–Kier alpha value is -5.09. The number of amides is 1. The molecule has 0 atom stereocenters. The van der Waals surface area contributed by atoms with Crippen LogP contribution in [0.4, 0.5) is 10.1 Å². The number of fused-ring (bicyclic) bond motifs is 2. The van der Waals surface area contributed by atoms with Crippen LogP contribution in [0.25, 0.3) is 55.7 Å². The fourth-order valence-corrected chi connectivity index (χ4v) is 6.44. The summed E-state index contributed by atoms with van der Waals surface area (Å²) in [5.41, 5.74) is 7.61. The molecule has 4 aromatic heterocycles. The van der Waals surface area contributed by atoms with Crippen molar-refractivity contribution in [3.8, 4) is 39.5 Å². The van der Waals surface area contributed by atoms with E-state index in [-0.39, 0.29) is 11.7 Å². The number of rotatable bonds is 10. The first-order valence-corrected chi connectivity index (χ1v) is 16.2. The average Bonchev–Trinajstić information content (AvgIpc) is 3.69. The van der Waals surface area contributed by atoms with E-state index < -0.39 is 0 Å². The number of ether oxygens (including phenoxy) is 1. The second-order valence-electron chi connectivity index (χ2n) is 12.7. The van der Waals surface area contributed by atoms with E-state index in [0.717, 1.165) is 63.9 Å². The molecule has 6 aromatic rings. The van der Waals surface area contributed by atoms with E-state index in [9.17, 15) is 9.18 Å². The van der Waals surface area contributed by atoms with Crippen LogP contribution in [0, 0.1) is 11.7 Å². The molecule has 4 heterocycles. The Morgan fingerprint density at radius 1 is 1.00 bits per heavy atom. The normalized spacial score (nSPS) is 13.9. The summed E-state index contributed by atoms with van der Waals surface area (Å²) in [4.78, 5) is 27.6. The number of hydrogen-bond acceptors (Lipinski definition) is 6. The zero-order chi connectivity index (χ0) is 32.3. The van der Waals surface area contributed by atoms with Gasteiger partial charge in [-0.3, -0.25) is 14.9 Å². The topological polar surface area (TPSA) is 112 Å². The van der Waals surface area contributed by atoms with Crippen molar-refractivity contribution in [2.24, 2.45) is 5.92 Å². The Balaban J connectivity index is 1.16. The lowest BCUT2D eigenvalue weighted by Crippen LogP contribution is -2.19. The maximum Gasteiger partial charge on any atom is 0.224 e. The van der Waals surface area contributed by atoms with Gasteiger partial charge in [-0.15, -0.1) is 0 Å². The van der Waals surface area contributed by atoms with Gasteiger partial charge < -0.3 is 19.9 Å². The molecule has 0 bridgehead atoms. The van der Waals surface area contributed by atoms with E-state index in [0.29, 0.717) is 41.6 Å². The van der Waals surface area contributed by atoms with E-state index in [1.165, 1.54) is 31.4 Å². The molecule has 7 rings (SSSR count). The molecule has 1 aliphatic rings. The van der Waals surface area contributed by atoms with Crippen molar-refractivity contribution in [2.45, 2.75) is 38.5 Å². The molecule has 0 radical (unpaired) electrons. The van der Waals surface area contributed by atoms with Crippen LogP contribution in [-0.2, 0) is 4.79 Å². The highest BCUT2D eigenvalue weighted by Crippen LogP contribution is 2.36. The fraction of sp³-hybridized carbons (Fsp3) is 0.297. The van der Waals surface area contributed by atoms with Crippen molar-refractivity contribution < 1.29 is 13.9 Å². The Kier molecular flexibility index (Phi) is 8.67. The van der Waals surface area contributed by atoms with Crippen molar-refractivity contribution in [3.05, 3.63) is 78.9 Å². The predicted molar refractivity (Wildman–Crippen MR) is 184 cm³/mol. The minimum Gasteiger partial charge on any atom is -0.492 e. The highest BCUT2D eigenvalue weighted by molar-refractivity contribution is 6.00. The van der Waals surface area contributed by atoms with Gasteiger partial charge in [-0.1, -0.05) is 31.4 Å². The van der Waals surface area contributed by atoms with Crippen LogP contribution in [0.15, 0.2) is 73.1 Å². The zero-order valence-electron chi connectivity index (χ0n) is 26.6. The number of aromatic amines is 2. The van der Waals surface area contributed by atoms with Gasteiger partial charge >= 0.3 is 0 Å². The quantitative estimate of drug-likeness (QED) is 0.142. The molecular weight excluding hydrogens is 593 g/mol. The highest BCUT2D eigenvalue weighted by Gasteiger charge is 2.19. The summed E-state index contributed by atoms with van der Waals surface area (Å²) in [6.45, 7) is 1.19. The third-order valence-electron chi connectivity index (χ3n) is 8.83. The number of carbonyl (C=O) groups excluding carboxylic acids is 1. The molecule has 9 nitrogen and oxygen atoms in total. The van der Waals surface area contributed by atoms with E-state index in [4.69, 9.17) is 9.72 Å². The van der Waals surface area contributed by atoms with Gasteiger partial charge in [0.2, 0.25) is 5.91 Å². The standard InChI is InChI=1S/C37H38FN7O2/c1-45(2)13-14-47-28-18-24(16-26(38)19-28)29-9-6-10-32-30(29)20-34(41-32)37-36-33(43-44-37)12-11-31(42-36)25-17-27(22-39-21-25)40-35(46)15-23-7-4-3-5-8-23/h6,9-12,16-23,41H,3-5,7-8,13-15H2,1-2H3,(H,40,46)(H,43,44). The number of hydrogen-bond donors (Lipinski definition) is 3. The molecule has 1 fully saturated rings. The number of benzene rings is 2. The Labute approximate surface area is 272 Å². The van der Waals surface area contributed by atoms with Crippen molar-refractivity contribution in [2.75, 3.05) is 32.6 Å². The molecule has 240 valence electrons. The first-order chi connectivity index (χ1) is 22.9. The van der Waals surface area contributed by atoms with Gasteiger partial charge in [0.1, 0.15) is 29.4 Å². The third-order valence-corrected chi connectivity index (χ3v) is 8.83. The monoisotopic (exact) mass is 631 g/mol. The molecule has 0 spiro atoms. The number of aromatic nitrogens is 5. The van der Waals surface area contributed by atoms with Gasteiger partial charge in [0.25, 0.3) is 0 Å². The molecule has 3 N–H and O–H groups in total. The molecular formula is C37H38FN7O2. The second-order valence-corrected chi connectivity index (χ2v) is 12.7. The largest absolute Gasteiger partial charge is 0.492 e. The van der Waals surface area contributed by atoms with Gasteiger partial charge in [-0.05, 0) is 86.4 Å². The van der Waals surface area contributed by atoms with Crippen LogP contribution in [0.5, 0.6) is 5.75 Å². The number of nitrogens with one attached hydrogen (secondary N) is 3. The average molecular weight is 632 g/mol. The molecule has 10 heteroatoms. The van der Waals surface area contributed by atoms with Gasteiger partial charge in [0.15, 0.2) is 0 Å². The van der Waals surface area contributed by atoms with Crippen molar-refractivity contribution in [3.63, 3.8) is 0 Å². The number of anilines is 1. The van der Waals surface area contributed by atoms with E-state index in [1.54, 1.807) is 12.4 Å².